The molecule has 0 spiro atoms. The van der Waals surface area contributed by atoms with Crippen LogP contribution < -0.4 is 5.48 Å². The third-order valence-electron chi connectivity index (χ3n) is 3.16. The van der Waals surface area contributed by atoms with Crippen molar-refractivity contribution in [3.05, 3.63) is 34.9 Å². The second-order valence-corrected chi connectivity index (χ2v) is 4.24. The summed E-state index contributed by atoms with van der Waals surface area (Å²) in [5.74, 6) is -0.466. The van der Waals surface area contributed by atoms with E-state index in [0.29, 0.717) is 5.56 Å². The van der Waals surface area contributed by atoms with Crippen molar-refractivity contribution in [1.82, 2.24) is 5.48 Å². The van der Waals surface area contributed by atoms with Gasteiger partial charge in [0.1, 0.15) is 0 Å². The van der Waals surface area contributed by atoms with Crippen LogP contribution in [0.4, 0.5) is 0 Å². The maximum absolute atomic E-state index is 11.3. The zero-order valence-corrected chi connectivity index (χ0v) is 9.90. The van der Waals surface area contributed by atoms with Gasteiger partial charge in [0.15, 0.2) is 0 Å². The Kier molecular flexibility index (Phi) is 3.76. The lowest BCUT2D eigenvalue weighted by atomic mass is 9.88. The number of nitrogens with one attached hydrogen (secondary N) is 1. The van der Waals surface area contributed by atoms with E-state index in [1.807, 2.05) is 19.1 Å². The van der Waals surface area contributed by atoms with E-state index in [-0.39, 0.29) is 6.10 Å². The Morgan fingerprint density at radius 2 is 2.35 bits per heavy atom. The highest BCUT2D eigenvalue weighted by Gasteiger charge is 2.19. The lowest BCUT2D eigenvalue weighted by Crippen LogP contribution is -2.24. The van der Waals surface area contributed by atoms with E-state index in [2.05, 4.69) is 0 Å². The molecule has 2 rings (SSSR count). The van der Waals surface area contributed by atoms with E-state index < -0.39 is 5.91 Å². The molecule has 0 fully saturated rings. The van der Waals surface area contributed by atoms with Crippen LogP contribution in [0.15, 0.2) is 18.2 Å². The summed E-state index contributed by atoms with van der Waals surface area (Å²) in [5, 5.41) is 8.60. The number of aryl methyl sites for hydroxylation is 1. The Morgan fingerprint density at radius 3 is 3.06 bits per heavy atom. The molecular weight excluding hydrogens is 218 g/mol. The molecule has 1 amide bonds. The first kappa shape index (κ1) is 12.1. The molecule has 92 valence electrons. The molecule has 0 bridgehead atoms. The van der Waals surface area contributed by atoms with Crippen LogP contribution >= 0.6 is 0 Å². The van der Waals surface area contributed by atoms with E-state index in [1.165, 1.54) is 5.56 Å². The molecule has 4 nitrogen and oxygen atoms in total. The van der Waals surface area contributed by atoms with E-state index in [0.717, 1.165) is 31.4 Å². The van der Waals surface area contributed by atoms with Crippen molar-refractivity contribution in [3.63, 3.8) is 0 Å². The minimum absolute atomic E-state index is 0.250. The molecule has 1 aromatic rings. The van der Waals surface area contributed by atoms with Crippen LogP contribution in [0, 0.1) is 0 Å². The van der Waals surface area contributed by atoms with Crippen molar-refractivity contribution >= 4 is 5.91 Å². The Morgan fingerprint density at radius 1 is 1.53 bits per heavy atom. The fraction of sp³-hybridized carbons (Fsp3) is 0.462. The smallest absolute Gasteiger partial charge is 0.274 e. The number of carbonyl (C=O) groups is 1. The molecule has 1 unspecified atom stereocenters. The highest BCUT2D eigenvalue weighted by molar-refractivity contribution is 5.93. The summed E-state index contributed by atoms with van der Waals surface area (Å²) >= 11 is 0. The summed E-state index contributed by atoms with van der Waals surface area (Å²) < 4.78 is 5.62. The van der Waals surface area contributed by atoms with Gasteiger partial charge in [0.05, 0.1) is 6.10 Å². The number of benzene rings is 1. The van der Waals surface area contributed by atoms with E-state index in [9.17, 15) is 4.79 Å². The van der Waals surface area contributed by atoms with Crippen LogP contribution in [0.5, 0.6) is 0 Å². The minimum Gasteiger partial charge on any atom is -0.378 e. The molecular formula is C13H17NO3. The molecule has 0 aliphatic heterocycles. The van der Waals surface area contributed by atoms with Gasteiger partial charge < -0.3 is 4.74 Å². The van der Waals surface area contributed by atoms with Crippen molar-refractivity contribution < 1.29 is 14.7 Å². The minimum atomic E-state index is -0.466. The number of fused-ring (bicyclic) bond motifs is 1. The zero-order valence-electron chi connectivity index (χ0n) is 9.90. The average Bonchev–Trinajstić information content (AvgIpc) is 2.37. The molecule has 1 atom stereocenters. The predicted octanol–water partition coefficient (Wildman–Crippen LogP) is 1.70. The Hall–Kier alpha value is -1.39. The van der Waals surface area contributed by atoms with Gasteiger partial charge in [-0.2, -0.15) is 0 Å². The summed E-state index contributed by atoms with van der Waals surface area (Å²) in [6.07, 6.45) is 3.11. The second kappa shape index (κ2) is 5.29. The number of hydrogen-bond donors (Lipinski definition) is 2. The number of rotatable bonds is 3. The molecule has 4 heteroatoms. The summed E-state index contributed by atoms with van der Waals surface area (Å²) in [4.78, 5) is 11.3. The Bertz CT molecular complexity index is 417. The normalized spacial score (nSPS) is 18.6. The van der Waals surface area contributed by atoms with Gasteiger partial charge in [-0.05, 0) is 49.4 Å². The Labute approximate surface area is 101 Å². The van der Waals surface area contributed by atoms with E-state index in [4.69, 9.17) is 9.94 Å². The molecule has 1 aliphatic rings. The lowest BCUT2D eigenvalue weighted by molar-refractivity contribution is 0.0533. The molecule has 1 aromatic carbocycles. The summed E-state index contributed by atoms with van der Waals surface area (Å²) in [6, 6.07) is 5.54. The van der Waals surface area contributed by atoms with Crippen LogP contribution in [0.1, 0.15) is 34.8 Å². The molecule has 2 N–H and O–H groups in total. The molecule has 0 saturated carbocycles. The van der Waals surface area contributed by atoms with Gasteiger partial charge in [0.25, 0.3) is 5.91 Å². The number of hydrogen-bond acceptors (Lipinski definition) is 3. The van der Waals surface area contributed by atoms with Gasteiger partial charge in [-0.25, -0.2) is 5.48 Å². The largest absolute Gasteiger partial charge is 0.378 e. The van der Waals surface area contributed by atoms with Crippen molar-refractivity contribution in [3.8, 4) is 0 Å². The van der Waals surface area contributed by atoms with E-state index in [1.54, 1.807) is 11.5 Å². The molecule has 0 aromatic heterocycles. The monoisotopic (exact) mass is 235 g/mol. The third kappa shape index (κ3) is 2.65. The summed E-state index contributed by atoms with van der Waals surface area (Å²) in [6.45, 7) is 2.71. The third-order valence-corrected chi connectivity index (χ3v) is 3.16. The molecule has 1 aliphatic carbocycles. The highest BCUT2D eigenvalue weighted by Crippen LogP contribution is 2.24. The fourth-order valence-corrected chi connectivity index (χ4v) is 2.31. The molecule has 17 heavy (non-hydrogen) atoms. The van der Waals surface area contributed by atoms with Crippen molar-refractivity contribution in [1.29, 1.82) is 0 Å². The van der Waals surface area contributed by atoms with E-state index >= 15 is 0 Å². The maximum atomic E-state index is 11.3. The second-order valence-electron chi connectivity index (χ2n) is 4.24. The van der Waals surface area contributed by atoms with Gasteiger partial charge in [-0.1, -0.05) is 6.07 Å². The van der Waals surface area contributed by atoms with Gasteiger partial charge in [0.2, 0.25) is 0 Å². The predicted molar refractivity (Wildman–Crippen MR) is 63.1 cm³/mol. The quantitative estimate of drug-likeness (QED) is 0.619. The first-order valence-corrected chi connectivity index (χ1v) is 5.92. The van der Waals surface area contributed by atoms with Gasteiger partial charge in [0, 0.05) is 12.2 Å². The van der Waals surface area contributed by atoms with Crippen LogP contribution in [-0.4, -0.2) is 23.8 Å². The van der Waals surface area contributed by atoms with Crippen LogP contribution in [-0.2, 0) is 17.6 Å². The standard InChI is InChI=1S/C13H17NO3/c1-2-17-12-6-5-9-3-4-10(13(15)14-16)7-11(9)8-12/h3-4,7,12,16H,2,5-6,8H2,1H3,(H,14,15). The van der Waals surface area contributed by atoms with Crippen LogP contribution in [0.3, 0.4) is 0 Å². The van der Waals surface area contributed by atoms with Crippen molar-refractivity contribution in [2.24, 2.45) is 0 Å². The molecule has 0 radical (unpaired) electrons. The van der Waals surface area contributed by atoms with Gasteiger partial charge in [-0.15, -0.1) is 0 Å². The Balaban J connectivity index is 2.20. The van der Waals surface area contributed by atoms with Crippen molar-refractivity contribution in [2.75, 3.05) is 6.61 Å². The maximum Gasteiger partial charge on any atom is 0.274 e. The average molecular weight is 235 g/mol. The van der Waals surface area contributed by atoms with Gasteiger partial charge in [-0.3, -0.25) is 10.0 Å². The van der Waals surface area contributed by atoms with Crippen molar-refractivity contribution in [2.45, 2.75) is 32.3 Å². The molecule has 0 heterocycles. The SMILES string of the molecule is CCOC1CCc2ccc(C(=O)NO)cc2C1. The first-order chi connectivity index (χ1) is 8.24. The van der Waals surface area contributed by atoms with Gasteiger partial charge >= 0.3 is 0 Å². The summed E-state index contributed by atoms with van der Waals surface area (Å²) in [5.41, 5.74) is 4.57. The topological polar surface area (TPSA) is 58.6 Å². The number of carbonyl (C=O) groups excluding carboxylic acids is 1. The highest BCUT2D eigenvalue weighted by atomic mass is 16.5. The molecule has 0 saturated heterocycles. The lowest BCUT2D eigenvalue weighted by Gasteiger charge is -2.24. The number of hydroxylamine groups is 1. The zero-order chi connectivity index (χ0) is 12.3. The van der Waals surface area contributed by atoms with Crippen LogP contribution in [0.25, 0.3) is 0 Å². The summed E-state index contributed by atoms with van der Waals surface area (Å²) in [7, 11) is 0. The van der Waals surface area contributed by atoms with Crippen LogP contribution in [0.2, 0.25) is 0 Å². The number of ether oxygens (including phenoxy) is 1. The number of amides is 1. The first-order valence-electron chi connectivity index (χ1n) is 5.92. The fourth-order valence-electron chi connectivity index (χ4n) is 2.31.